The number of nitrogens with zero attached hydrogens (tertiary/aromatic N) is 3. The number of hydrogen-bond acceptors (Lipinski definition) is 5. The van der Waals surface area contributed by atoms with E-state index in [1.807, 2.05) is 12.1 Å². The van der Waals surface area contributed by atoms with Crippen LogP contribution in [0.15, 0.2) is 36.9 Å². The zero-order valence-corrected chi connectivity index (χ0v) is 15.7. The molecule has 0 bridgehead atoms. The van der Waals surface area contributed by atoms with E-state index in [4.69, 9.17) is 21.1 Å². The quantitative estimate of drug-likeness (QED) is 0.579. The highest BCUT2D eigenvalue weighted by molar-refractivity contribution is 6.30. The Bertz CT molecular complexity index is 861. The van der Waals surface area contributed by atoms with E-state index < -0.39 is 12.1 Å². The summed E-state index contributed by atoms with van der Waals surface area (Å²) in [4.78, 5) is 26.1. The summed E-state index contributed by atoms with van der Waals surface area (Å²) in [5, 5.41) is 5.08. The molecule has 0 radical (unpaired) electrons. The molecule has 0 saturated carbocycles. The molecule has 1 aliphatic heterocycles. The summed E-state index contributed by atoms with van der Waals surface area (Å²) in [7, 11) is 0. The minimum Gasteiger partial charge on any atom is -0.461 e. The first-order valence-corrected chi connectivity index (χ1v) is 8.99. The Balaban J connectivity index is 1.98. The lowest BCUT2D eigenvalue weighted by molar-refractivity contribution is 0.0514. The van der Waals surface area contributed by atoms with Crippen molar-refractivity contribution >= 4 is 23.7 Å². The molecule has 0 saturated heterocycles. The van der Waals surface area contributed by atoms with Crippen molar-refractivity contribution in [3.63, 3.8) is 0 Å². The molecular formula is C19H20ClN3O4. The van der Waals surface area contributed by atoms with Crippen molar-refractivity contribution in [1.82, 2.24) is 14.7 Å². The highest BCUT2D eigenvalue weighted by Gasteiger charge is 2.31. The monoisotopic (exact) mass is 389 g/mol. The second-order valence-electron chi connectivity index (χ2n) is 5.92. The minimum atomic E-state index is -0.511. The summed E-state index contributed by atoms with van der Waals surface area (Å²) < 4.78 is 12.0. The van der Waals surface area contributed by atoms with Gasteiger partial charge >= 0.3 is 12.1 Å². The molecule has 1 aromatic heterocycles. The number of hydrogen-bond donors (Lipinski definition) is 0. The second kappa shape index (κ2) is 8.26. The van der Waals surface area contributed by atoms with Gasteiger partial charge in [-0.05, 0) is 31.2 Å². The summed E-state index contributed by atoms with van der Waals surface area (Å²) in [6, 6.07) is 7.18. The summed E-state index contributed by atoms with van der Waals surface area (Å²) in [6.07, 6.45) is 1.60. The lowest BCUT2D eigenvalue weighted by Crippen LogP contribution is -2.37. The van der Waals surface area contributed by atoms with E-state index >= 15 is 0 Å². The molecule has 0 atom stereocenters. The molecule has 0 unspecified atom stereocenters. The molecule has 0 N–H and O–H groups in total. The Kier molecular flexibility index (Phi) is 5.81. The van der Waals surface area contributed by atoms with E-state index in [1.165, 1.54) is 6.08 Å². The van der Waals surface area contributed by atoms with Gasteiger partial charge in [0.2, 0.25) is 0 Å². The van der Waals surface area contributed by atoms with Crippen LogP contribution in [0, 0.1) is 0 Å². The van der Waals surface area contributed by atoms with Gasteiger partial charge in [0.25, 0.3) is 0 Å². The lowest BCUT2D eigenvalue weighted by Gasteiger charge is -2.26. The van der Waals surface area contributed by atoms with E-state index in [0.717, 1.165) is 11.4 Å². The summed E-state index contributed by atoms with van der Waals surface area (Å²) in [5.41, 5.74) is 2.54. The van der Waals surface area contributed by atoms with Crippen molar-refractivity contribution in [2.75, 3.05) is 19.8 Å². The molecule has 7 nitrogen and oxygen atoms in total. The van der Waals surface area contributed by atoms with E-state index in [-0.39, 0.29) is 25.5 Å². The van der Waals surface area contributed by atoms with Crippen LogP contribution >= 0.6 is 11.6 Å². The van der Waals surface area contributed by atoms with Crippen LogP contribution in [0.3, 0.4) is 0 Å². The Labute approximate surface area is 162 Å². The molecule has 27 heavy (non-hydrogen) atoms. The summed E-state index contributed by atoms with van der Waals surface area (Å²) >= 11 is 5.97. The van der Waals surface area contributed by atoms with Crippen LogP contribution < -0.4 is 0 Å². The molecule has 2 aromatic rings. The molecule has 1 aliphatic rings. The molecular weight excluding hydrogens is 370 g/mol. The van der Waals surface area contributed by atoms with E-state index in [9.17, 15) is 9.59 Å². The minimum absolute atomic E-state index is 0.136. The number of esters is 1. The average molecular weight is 390 g/mol. The van der Waals surface area contributed by atoms with Crippen molar-refractivity contribution < 1.29 is 19.1 Å². The molecule has 8 heteroatoms. The normalized spacial score (nSPS) is 13.0. The van der Waals surface area contributed by atoms with Crippen molar-refractivity contribution in [2.24, 2.45) is 0 Å². The fourth-order valence-electron chi connectivity index (χ4n) is 2.96. The van der Waals surface area contributed by atoms with Crippen LogP contribution in [0.1, 0.15) is 28.7 Å². The van der Waals surface area contributed by atoms with E-state index in [1.54, 1.807) is 28.6 Å². The zero-order chi connectivity index (χ0) is 19.4. The molecule has 1 aromatic carbocycles. The molecule has 0 aliphatic carbocycles. The highest BCUT2D eigenvalue weighted by Crippen LogP contribution is 2.27. The first kappa shape index (κ1) is 19.0. The number of benzene rings is 1. The number of aromatic nitrogens is 2. The highest BCUT2D eigenvalue weighted by atomic mass is 35.5. The fourth-order valence-corrected chi connectivity index (χ4v) is 3.08. The lowest BCUT2D eigenvalue weighted by atomic mass is 10.1. The predicted molar refractivity (Wildman–Crippen MR) is 100 cm³/mol. The third kappa shape index (κ3) is 3.98. The van der Waals surface area contributed by atoms with Crippen molar-refractivity contribution in [3.8, 4) is 5.69 Å². The maximum atomic E-state index is 12.4. The van der Waals surface area contributed by atoms with Crippen LogP contribution in [0.2, 0.25) is 5.02 Å². The van der Waals surface area contributed by atoms with Crippen LogP contribution in [-0.4, -0.2) is 46.5 Å². The Morgan fingerprint density at radius 3 is 2.70 bits per heavy atom. The first-order valence-electron chi connectivity index (χ1n) is 8.61. The van der Waals surface area contributed by atoms with Gasteiger partial charge in [-0.25, -0.2) is 14.3 Å². The molecule has 2 heterocycles. The van der Waals surface area contributed by atoms with Gasteiger partial charge in [-0.3, -0.25) is 0 Å². The molecule has 1 amide bonds. The summed E-state index contributed by atoms with van der Waals surface area (Å²) in [5.74, 6) is -0.511. The Morgan fingerprint density at radius 2 is 2.04 bits per heavy atom. The number of carbonyl (C=O) groups excluding carboxylic acids is 2. The Hall–Kier alpha value is -2.80. The maximum absolute atomic E-state index is 12.4. The van der Waals surface area contributed by atoms with E-state index in [0.29, 0.717) is 23.6 Å². The van der Waals surface area contributed by atoms with Gasteiger partial charge < -0.3 is 14.4 Å². The number of fused-ring (bicyclic) bond motifs is 1. The number of rotatable bonds is 5. The third-order valence-electron chi connectivity index (χ3n) is 4.18. The number of halogens is 1. The summed E-state index contributed by atoms with van der Waals surface area (Å²) in [6.45, 7) is 6.34. The predicted octanol–water partition coefficient (Wildman–Crippen LogP) is 3.38. The van der Waals surface area contributed by atoms with Crippen LogP contribution in [0.4, 0.5) is 4.79 Å². The zero-order valence-electron chi connectivity index (χ0n) is 15.0. The maximum Gasteiger partial charge on any atom is 0.410 e. The van der Waals surface area contributed by atoms with Crippen LogP contribution in [0.5, 0.6) is 0 Å². The van der Waals surface area contributed by atoms with Gasteiger partial charge in [-0.2, -0.15) is 5.10 Å². The van der Waals surface area contributed by atoms with E-state index in [2.05, 4.69) is 11.7 Å². The standard InChI is InChI=1S/C19H20ClN3O4/c1-3-11-27-19(25)22-10-9-16-15(12-22)17(18(24)26-4-2)21-23(16)14-7-5-13(20)6-8-14/h3,5-8H,1,4,9-12H2,2H3. The SMILES string of the molecule is C=CCOC(=O)N1CCc2c(c(C(=O)OCC)nn2-c2ccc(Cl)cc2)C1. The van der Waals surface area contributed by atoms with Gasteiger partial charge in [0.05, 0.1) is 24.5 Å². The number of carbonyl (C=O) groups is 2. The van der Waals surface area contributed by atoms with Gasteiger partial charge in [-0.1, -0.05) is 24.3 Å². The molecule has 3 rings (SSSR count). The fraction of sp³-hybridized carbons (Fsp3) is 0.316. The second-order valence-corrected chi connectivity index (χ2v) is 6.36. The smallest absolute Gasteiger partial charge is 0.410 e. The number of ether oxygens (including phenoxy) is 2. The average Bonchev–Trinajstić information content (AvgIpc) is 3.06. The van der Waals surface area contributed by atoms with Crippen molar-refractivity contribution in [1.29, 1.82) is 0 Å². The Morgan fingerprint density at radius 1 is 1.30 bits per heavy atom. The van der Waals surface area contributed by atoms with Crippen molar-refractivity contribution in [3.05, 3.63) is 58.9 Å². The molecule has 0 spiro atoms. The van der Waals surface area contributed by atoms with Gasteiger partial charge in [0, 0.05) is 23.6 Å². The third-order valence-corrected chi connectivity index (χ3v) is 4.43. The van der Waals surface area contributed by atoms with Crippen molar-refractivity contribution in [2.45, 2.75) is 19.9 Å². The number of amides is 1. The van der Waals surface area contributed by atoms with Crippen LogP contribution in [0.25, 0.3) is 5.69 Å². The topological polar surface area (TPSA) is 73.7 Å². The van der Waals surface area contributed by atoms with Gasteiger partial charge in [0.1, 0.15) is 6.61 Å². The molecule has 142 valence electrons. The molecule has 0 fully saturated rings. The first-order chi connectivity index (χ1) is 13.0. The van der Waals surface area contributed by atoms with Crippen LogP contribution in [-0.2, 0) is 22.4 Å². The van der Waals surface area contributed by atoms with Gasteiger partial charge in [-0.15, -0.1) is 0 Å². The van der Waals surface area contributed by atoms with Gasteiger partial charge in [0.15, 0.2) is 5.69 Å². The largest absolute Gasteiger partial charge is 0.461 e.